The van der Waals surface area contributed by atoms with Gasteiger partial charge in [0.1, 0.15) is 23.4 Å². The Kier molecular flexibility index (Phi) is 7.70. The fraction of sp³-hybridized carbons (Fsp3) is 0.440. The first-order valence-electron chi connectivity index (χ1n) is 12.8. The first-order chi connectivity index (χ1) is 18.7. The van der Waals surface area contributed by atoms with Crippen LogP contribution in [-0.4, -0.2) is 89.8 Å². The summed E-state index contributed by atoms with van der Waals surface area (Å²) < 4.78 is 17.1. The van der Waals surface area contributed by atoms with E-state index in [2.05, 4.69) is 26.7 Å². The number of pyridine rings is 2. The molecule has 0 unspecified atom stereocenters. The summed E-state index contributed by atoms with van der Waals surface area (Å²) in [5.41, 5.74) is 1.54. The van der Waals surface area contributed by atoms with E-state index in [1.165, 1.54) is 11.1 Å². The normalized spacial score (nSPS) is 17.8. The van der Waals surface area contributed by atoms with Crippen molar-refractivity contribution in [3.05, 3.63) is 40.7 Å². The predicted molar refractivity (Wildman–Crippen MR) is 143 cm³/mol. The third-order valence-electron chi connectivity index (χ3n) is 6.13. The average molecular weight is 525 g/mol. The van der Waals surface area contributed by atoms with Gasteiger partial charge in [0.25, 0.3) is 0 Å². The lowest BCUT2D eigenvalue weighted by Gasteiger charge is -2.33. The standard InChI is InChI=1S/C25H30N8O3S/c1-31-7-8-32(23(35)15-31)14-18-10-17-4-3-6-33(24(17)29-21(18)16-34)25(36)30-22-11-20(27-5-9-37-2)19(12-26)13-28-22/h10-11,13,16H,3-9,14-15H2,1-2H3,(H2,27,28,30,36)/i4D2. The molecule has 0 radical (unpaired) electrons. The van der Waals surface area contributed by atoms with E-state index in [0.29, 0.717) is 42.7 Å². The van der Waals surface area contributed by atoms with Crippen LogP contribution in [0, 0.1) is 11.3 Å². The Hall–Kier alpha value is -3.69. The topological polar surface area (TPSA) is 135 Å². The van der Waals surface area contributed by atoms with Crippen LogP contribution in [-0.2, 0) is 17.7 Å². The second-order valence-corrected chi connectivity index (χ2v) is 9.72. The molecule has 1 saturated heterocycles. The van der Waals surface area contributed by atoms with Crippen molar-refractivity contribution in [1.82, 2.24) is 19.8 Å². The zero-order chi connectivity index (χ0) is 28.2. The van der Waals surface area contributed by atoms with E-state index in [1.807, 2.05) is 18.2 Å². The van der Waals surface area contributed by atoms with Crippen LogP contribution in [0.3, 0.4) is 0 Å². The molecule has 0 aromatic carbocycles. The molecule has 11 nitrogen and oxygen atoms in total. The number of rotatable bonds is 8. The fourth-order valence-electron chi connectivity index (χ4n) is 4.15. The summed E-state index contributed by atoms with van der Waals surface area (Å²) in [5.74, 6) is 1.00. The van der Waals surface area contributed by atoms with Crippen LogP contribution in [0.5, 0.6) is 0 Å². The number of aldehydes is 1. The number of fused-ring (bicyclic) bond motifs is 1. The number of hydrogen-bond donors (Lipinski definition) is 2. The Morgan fingerprint density at radius 1 is 1.35 bits per heavy atom. The molecule has 2 aliphatic heterocycles. The van der Waals surface area contributed by atoms with Crippen molar-refractivity contribution < 1.29 is 17.1 Å². The molecule has 1 fully saturated rings. The summed E-state index contributed by atoms with van der Waals surface area (Å²) in [6.45, 7) is 2.22. The summed E-state index contributed by atoms with van der Waals surface area (Å²) >= 11 is 1.65. The lowest BCUT2D eigenvalue weighted by molar-refractivity contribution is -0.136. The lowest BCUT2D eigenvalue weighted by Crippen LogP contribution is -2.48. The minimum Gasteiger partial charge on any atom is -0.383 e. The number of nitrogens with one attached hydrogen (secondary N) is 2. The molecular weight excluding hydrogens is 492 g/mol. The van der Waals surface area contributed by atoms with Crippen molar-refractivity contribution in [3.63, 3.8) is 0 Å². The van der Waals surface area contributed by atoms with Gasteiger partial charge in [0.2, 0.25) is 5.91 Å². The molecule has 2 aromatic rings. The number of aryl methyl sites for hydroxylation is 1. The molecule has 4 heterocycles. The summed E-state index contributed by atoms with van der Waals surface area (Å²) in [7, 11) is 1.86. The second-order valence-electron chi connectivity index (χ2n) is 8.73. The zero-order valence-corrected chi connectivity index (χ0v) is 21.6. The number of nitrogens with zero attached hydrogens (tertiary/aromatic N) is 6. The molecule has 37 heavy (non-hydrogen) atoms. The van der Waals surface area contributed by atoms with Crippen LogP contribution in [0.25, 0.3) is 0 Å². The van der Waals surface area contributed by atoms with Gasteiger partial charge < -0.3 is 10.2 Å². The van der Waals surface area contributed by atoms with Crippen LogP contribution in [0.1, 0.15) is 36.3 Å². The SMILES string of the molecule is [2H]C1([2H])CCN(C(=O)Nc2cc(NCCSC)c(C#N)cn2)c2nc(C=O)c(CN3CCN(C)CC3=O)cc21. The predicted octanol–water partition coefficient (Wildman–Crippen LogP) is 2.19. The molecule has 12 heteroatoms. The number of urea groups is 1. The first-order valence-corrected chi connectivity index (χ1v) is 13.2. The monoisotopic (exact) mass is 524 g/mol. The molecule has 0 atom stereocenters. The van der Waals surface area contributed by atoms with Crippen molar-refractivity contribution in [1.29, 1.82) is 5.26 Å². The van der Waals surface area contributed by atoms with Crippen molar-refractivity contribution in [3.8, 4) is 6.07 Å². The van der Waals surface area contributed by atoms with Crippen LogP contribution < -0.4 is 15.5 Å². The minimum atomic E-state index is -1.79. The molecule has 0 aliphatic carbocycles. The van der Waals surface area contributed by atoms with Gasteiger partial charge in [0, 0.05) is 59.0 Å². The minimum absolute atomic E-state index is 0.0186. The van der Waals surface area contributed by atoms with E-state index >= 15 is 0 Å². The second kappa shape index (κ2) is 12.0. The van der Waals surface area contributed by atoms with Gasteiger partial charge in [-0.15, -0.1) is 0 Å². The Balaban J connectivity index is 1.61. The van der Waals surface area contributed by atoms with Gasteiger partial charge in [0.15, 0.2) is 6.29 Å². The highest BCUT2D eigenvalue weighted by atomic mass is 32.2. The molecule has 2 aliphatic rings. The molecular formula is C25H30N8O3S. The molecule has 0 saturated carbocycles. The molecule has 194 valence electrons. The number of nitriles is 1. The maximum absolute atomic E-state index is 13.3. The number of carbonyl (C=O) groups is 3. The van der Waals surface area contributed by atoms with Gasteiger partial charge in [-0.05, 0) is 37.7 Å². The molecule has 0 spiro atoms. The van der Waals surface area contributed by atoms with E-state index in [4.69, 9.17) is 2.74 Å². The van der Waals surface area contributed by atoms with Gasteiger partial charge in [-0.3, -0.25) is 24.7 Å². The number of piperazine rings is 1. The number of likely N-dealkylation sites (N-methyl/N-ethyl adjacent to an activating group) is 1. The van der Waals surface area contributed by atoms with Gasteiger partial charge in [0.05, 0.1) is 17.8 Å². The van der Waals surface area contributed by atoms with Crippen LogP contribution >= 0.6 is 11.8 Å². The van der Waals surface area contributed by atoms with E-state index in [0.717, 1.165) is 5.75 Å². The molecule has 2 N–H and O–H groups in total. The molecule has 2 aromatic heterocycles. The molecule has 3 amide bonds. The van der Waals surface area contributed by atoms with Crippen molar-refractivity contribution in [2.45, 2.75) is 19.3 Å². The van der Waals surface area contributed by atoms with Crippen molar-refractivity contribution in [2.75, 3.05) is 67.3 Å². The van der Waals surface area contributed by atoms with E-state index in [9.17, 15) is 19.6 Å². The number of thioether (sulfide) groups is 1. The lowest BCUT2D eigenvalue weighted by atomic mass is 10.0. The molecule has 0 bridgehead atoms. The van der Waals surface area contributed by atoms with Crippen molar-refractivity contribution >= 4 is 47.3 Å². The smallest absolute Gasteiger partial charge is 0.328 e. The Labute approximate surface area is 223 Å². The highest BCUT2D eigenvalue weighted by Crippen LogP contribution is 2.29. The van der Waals surface area contributed by atoms with Gasteiger partial charge in [-0.25, -0.2) is 14.8 Å². The van der Waals surface area contributed by atoms with Crippen LogP contribution in [0.2, 0.25) is 0 Å². The number of aromatic nitrogens is 2. The number of amides is 3. The number of carbonyl (C=O) groups excluding carboxylic acids is 3. The van der Waals surface area contributed by atoms with E-state index in [1.54, 1.807) is 28.8 Å². The molecule has 4 rings (SSSR count). The van der Waals surface area contributed by atoms with E-state index in [-0.39, 0.29) is 54.9 Å². The highest BCUT2D eigenvalue weighted by Gasteiger charge is 2.28. The average Bonchev–Trinajstić information content (AvgIpc) is 2.90. The Morgan fingerprint density at radius 2 is 2.19 bits per heavy atom. The number of anilines is 3. The third-order valence-corrected chi connectivity index (χ3v) is 6.74. The largest absolute Gasteiger partial charge is 0.383 e. The summed E-state index contributed by atoms with van der Waals surface area (Å²) in [6.07, 6.45) is 2.13. The summed E-state index contributed by atoms with van der Waals surface area (Å²) in [5, 5.41) is 15.3. The Bertz CT molecular complexity index is 1320. The zero-order valence-electron chi connectivity index (χ0n) is 22.8. The van der Waals surface area contributed by atoms with Gasteiger partial charge in [-0.2, -0.15) is 17.0 Å². The maximum Gasteiger partial charge on any atom is 0.328 e. The summed E-state index contributed by atoms with van der Waals surface area (Å²) in [4.78, 5) is 51.2. The van der Waals surface area contributed by atoms with Crippen LogP contribution in [0.15, 0.2) is 18.3 Å². The van der Waals surface area contributed by atoms with Gasteiger partial charge in [-0.1, -0.05) is 0 Å². The maximum atomic E-state index is 13.3. The van der Waals surface area contributed by atoms with Crippen molar-refractivity contribution in [2.24, 2.45) is 0 Å². The highest BCUT2D eigenvalue weighted by molar-refractivity contribution is 7.98. The first kappa shape index (κ1) is 23.7. The summed E-state index contributed by atoms with van der Waals surface area (Å²) in [6, 6.07) is 4.60. The van der Waals surface area contributed by atoms with E-state index < -0.39 is 12.4 Å². The fourth-order valence-corrected chi connectivity index (χ4v) is 4.46. The Morgan fingerprint density at radius 3 is 2.92 bits per heavy atom. The third kappa shape index (κ3) is 6.18. The van der Waals surface area contributed by atoms with Gasteiger partial charge >= 0.3 is 6.03 Å². The quantitative estimate of drug-likeness (QED) is 0.394. The number of hydrogen-bond acceptors (Lipinski definition) is 9. The van der Waals surface area contributed by atoms with Crippen LogP contribution in [0.4, 0.5) is 22.1 Å².